The minimum Gasteiger partial charge on any atom is -0.344 e. The van der Waals surface area contributed by atoms with Crippen LogP contribution in [0.25, 0.3) is 16.3 Å². The summed E-state index contributed by atoms with van der Waals surface area (Å²) in [6, 6.07) is 9.48. The van der Waals surface area contributed by atoms with Crippen molar-refractivity contribution in [1.29, 1.82) is 0 Å². The molecule has 0 spiro atoms. The van der Waals surface area contributed by atoms with Crippen LogP contribution >= 0.6 is 11.3 Å². The van der Waals surface area contributed by atoms with E-state index in [-0.39, 0.29) is 41.2 Å². The fourth-order valence-electron chi connectivity index (χ4n) is 7.71. The average molecular weight is 894 g/mol. The summed E-state index contributed by atoms with van der Waals surface area (Å²) in [6.07, 6.45) is 10.5. The second-order valence-corrected chi connectivity index (χ2v) is 21.4. The standard InChI is InChI=1S/C39H48N4O12S4/c1-39(2)30-26-29(59(52,53)54)16-17-31(30)41(23-8-3-5-14-38(46)55-43-35(44)19-20-36(43)45)34(39)12-11-13-37-42(24-9-10-25-57(47,48)49)32-18-15-28(27-33(32)56-37)58(50,51)40-21-6-4-7-22-40/h11-13,15-18,26-27H,3-10,14,19-25H2,1-2H3,(H-,47,48,49,52,53,54)/p+1. The molecule has 20 heteroatoms. The molecule has 1 aromatic heterocycles. The van der Waals surface area contributed by atoms with Crippen LogP contribution in [-0.2, 0) is 61.4 Å². The molecule has 320 valence electrons. The minimum atomic E-state index is -4.50. The van der Waals surface area contributed by atoms with Gasteiger partial charge in [-0.25, -0.2) is 13.2 Å². The number of unbranched alkanes of at least 4 members (excludes halogenated alkanes) is 3. The Hall–Kier alpha value is -4.05. The maximum absolute atomic E-state index is 13.6. The van der Waals surface area contributed by atoms with Crippen LogP contribution in [0.2, 0.25) is 0 Å². The van der Waals surface area contributed by atoms with Gasteiger partial charge >= 0.3 is 5.97 Å². The summed E-state index contributed by atoms with van der Waals surface area (Å²) in [5.74, 6) is -2.16. The van der Waals surface area contributed by atoms with Gasteiger partial charge in [0.2, 0.25) is 15.5 Å². The Morgan fingerprint density at radius 2 is 1.58 bits per heavy atom. The second-order valence-electron chi connectivity index (χ2n) is 15.4. The van der Waals surface area contributed by atoms with Crippen LogP contribution in [0.1, 0.15) is 95.0 Å². The number of hydrogen-bond acceptors (Lipinski definition) is 12. The highest BCUT2D eigenvalue weighted by molar-refractivity contribution is 7.89. The number of thiazole rings is 1. The lowest BCUT2D eigenvalue weighted by molar-refractivity contribution is -0.669. The van der Waals surface area contributed by atoms with Crippen LogP contribution in [0.3, 0.4) is 0 Å². The van der Waals surface area contributed by atoms with Crippen LogP contribution in [-0.4, -0.2) is 86.9 Å². The fraction of sp³-hybridized carbons (Fsp3) is 0.487. The molecule has 4 heterocycles. The van der Waals surface area contributed by atoms with Gasteiger partial charge in [0, 0.05) is 74.3 Å². The number of sulfonamides is 1. The van der Waals surface area contributed by atoms with Gasteiger partial charge in [-0.3, -0.25) is 18.7 Å². The molecule has 0 atom stereocenters. The quantitative estimate of drug-likeness (QED) is 0.0778. The number of imide groups is 1. The number of carbonyl (C=O) groups is 3. The lowest BCUT2D eigenvalue weighted by Gasteiger charge is -2.27. The number of piperidine rings is 1. The first-order valence-electron chi connectivity index (χ1n) is 19.5. The summed E-state index contributed by atoms with van der Waals surface area (Å²) in [6.45, 7) is 5.68. The summed E-state index contributed by atoms with van der Waals surface area (Å²) in [4.78, 5) is 43.0. The molecule has 2 amide bonds. The Kier molecular flexibility index (Phi) is 13.5. The molecule has 2 fully saturated rings. The second kappa shape index (κ2) is 17.9. The maximum Gasteiger partial charge on any atom is 0.333 e. The van der Waals surface area contributed by atoms with E-state index in [0.29, 0.717) is 62.5 Å². The van der Waals surface area contributed by atoms with Crippen molar-refractivity contribution in [3.05, 3.63) is 64.8 Å². The molecule has 6 rings (SSSR count). The van der Waals surface area contributed by atoms with Gasteiger partial charge < -0.3 is 9.74 Å². The molecule has 3 aromatic rings. The number of allylic oxidation sites excluding steroid dienone is 3. The molecular formula is C39H49N4O12S4+. The van der Waals surface area contributed by atoms with Gasteiger partial charge in [-0.05, 0) is 74.1 Å². The van der Waals surface area contributed by atoms with Crippen LogP contribution < -0.4 is 9.47 Å². The van der Waals surface area contributed by atoms with E-state index in [1.807, 2.05) is 36.6 Å². The first kappa shape index (κ1) is 44.5. The van der Waals surface area contributed by atoms with E-state index < -0.39 is 53.5 Å². The van der Waals surface area contributed by atoms with Crippen molar-refractivity contribution in [3.63, 3.8) is 0 Å². The van der Waals surface area contributed by atoms with Crippen LogP contribution in [0.15, 0.2) is 64.0 Å². The average Bonchev–Trinajstić information content (AvgIpc) is 3.76. The number of carbonyl (C=O) groups excluding carboxylic acids is 3. The van der Waals surface area contributed by atoms with Crippen molar-refractivity contribution in [2.75, 3.05) is 30.3 Å². The zero-order valence-corrected chi connectivity index (χ0v) is 36.2. The topological polar surface area (TPSA) is 217 Å². The number of hydroxylamine groups is 2. The van der Waals surface area contributed by atoms with Crippen molar-refractivity contribution >= 4 is 81.4 Å². The Balaban J connectivity index is 1.27. The van der Waals surface area contributed by atoms with Crippen molar-refractivity contribution in [2.24, 2.45) is 0 Å². The van der Waals surface area contributed by atoms with Crippen LogP contribution in [0, 0.1) is 0 Å². The molecule has 0 saturated carbocycles. The predicted molar refractivity (Wildman–Crippen MR) is 220 cm³/mol. The van der Waals surface area contributed by atoms with Gasteiger partial charge in [-0.2, -0.15) is 25.7 Å². The van der Waals surface area contributed by atoms with Crippen LogP contribution in [0.4, 0.5) is 5.69 Å². The van der Waals surface area contributed by atoms with E-state index >= 15 is 0 Å². The Bertz CT molecular complexity index is 2510. The van der Waals surface area contributed by atoms with Gasteiger partial charge in [0.25, 0.3) is 37.1 Å². The number of amides is 2. The molecule has 2 aromatic carbocycles. The van der Waals surface area contributed by atoms with Crippen molar-refractivity contribution < 1.29 is 58.1 Å². The van der Waals surface area contributed by atoms with Gasteiger partial charge in [-0.1, -0.05) is 44.1 Å². The van der Waals surface area contributed by atoms with E-state index in [9.17, 15) is 48.7 Å². The summed E-state index contributed by atoms with van der Waals surface area (Å²) >= 11 is 1.38. The normalized spacial score (nSPS) is 18.5. The molecule has 59 heavy (non-hydrogen) atoms. The van der Waals surface area contributed by atoms with E-state index in [4.69, 9.17) is 4.84 Å². The third kappa shape index (κ3) is 10.3. The number of nitrogens with zero attached hydrogens (tertiary/aromatic N) is 4. The third-order valence-corrected chi connectivity index (χ3v) is 15.5. The zero-order chi connectivity index (χ0) is 42.8. The monoisotopic (exact) mass is 893 g/mol. The van der Waals surface area contributed by atoms with E-state index in [1.165, 1.54) is 27.8 Å². The molecule has 3 aliphatic heterocycles. The van der Waals surface area contributed by atoms with Gasteiger partial charge in [0.1, 0.15) is 4.70 Å². The number of rotatable bonds is 17. The van der Waals surface area contributed by atoms with Crippen molar-refractivity contribution in [3.8, 4) is 0 Å². The molecule has 16 nitrogen and oxygen atoms in total. The number of aryl methyl sites for hydroxylation is 1. The zero-order valence-electron chi connectivity index (χ0n) is 32.9. The third-order valence-electron chi connectivity index (χ3n) is 10.8. The summed E-state index contributed by atoms with van der Waals surface area (Å²) in [5.41, 5.74) is 2.27. The Morgan fingerprint density at radius 3 is 2.25 bits per heavy atom. The van der Waals surface area contributed by atoms with Gasteiger partial charge in [0.05, 0.1) is 15.5 Å². The lowest BCUT2D eigenvalue weighted by atomic mass is 9.83. The SMILES string of the molecule is CC1(C)/C(=C\C=C\c2sc3cc(S(=O)(=O)N4CCCCC4)ccc3[n+]2CCCCS(=O)(=O)O)N(CCCCCC(=O)ON2C(=O)CCC2=O)c2ccc(S(=O)(=O)O)cc21. The molecule has 0 bridgehead atoms. The first-order valence-corrected chi connectivity index (χ1v) is 24.8. The van der Waals surface area contributed by atoms with Crippen LogP contribution in [0.5, 0.6) is 0 Å². The number of aromatic nitrogens is 1. The van der Waals surface area contributed by atoms with Gasteiger partial charge in [0.15, 0.2) is 6.54 Å². The fourth-order valence-corrected chi connectivity index (χ4v) is 11.5. The van der Waals surface area contributed by atoms with Gasteiger partial charge in [-0.15, -0.1) is 5.06 Å². The highest BCUT2D eigenvalue weighted by atomic mass is 32.2. The minimum absolute atomic E-state index is 0.00104. The van der Waals surface area contributed by atoms with Crippen molar-refractivity contribution in [1.82, 2.24) is 9.37 Å². The number of anilines is 1. The molecule has 0 unspecified atom stereocenters. The molecule has 2 N–H and O–H groups in total. The van der Waals surface area contributed by atoms with E-state index in [1.54, 1.807) is 24.3 Å². The maximum atomic E-state index is 13.6. The van der Waals surface area contributed by atoms with E-state index in [0.717, 1.165) is 45.9 Å². The lowest BCUT2D eigenvalue weighted by Crippen LogP contribution is -2.36. The summed E-state index contributed by atoms with van der Waals surface area (Å²) in [7, 11) is -12.3. The number of benzene rings is 2. The first-order chi connectivity index (χ1) is 27.8. The van der Waals surface area contributed by atoms with Crippen molar-refractivity contribution in [2.45, 2.75) is 106 Å². The highest BCUT2D eigenvalue weighted by Gasteiger charge is 2.40. The molecule has 0 aliphatic carbocycles. The Morgan fingerprint density at radius 1 is 0.881 bits per heavy atom. The summed E-state index contributed by atoms with van der Waals surface area (Å²) in [5, 5.41) is 1.29. The Labute approximate surface area is 348 Å². The molecular weight excluding hydrogens is 845 g/mol. The predicted octanol–water partition coefficient (Wildman–Crippen LogP) is 5.14. The molecule has 3 aliphatic rings. The summed E-state index contributed by atoms with van der Waals surface area (Å²) < 4.78 is 97.6. The molecule has 2 saturated heterocycles. The number of hydrogen-bond donors (Lipinski definition) is 2. The smallest absolute Gasteiger partial charge is 0.333 e. The molecule has 0 radical (unpaired) electrons. The highest BCUT2D eigenvalue weighted by Crippen LogP contribution is 2.48. The number of fused-ring (bicyclic) bond motifs is 2. The van der Waals surface area contributed by atoms with E-state index in [2.05, 4.69) is 4.90 Å². The largest absolute Gasteiger partial charge is 0.344 e.